The maximum Gasteiger partial charge on any atom is 0.0582 e. The Kier molecular flexibility index (Phi) is 5.86. The van der Waals surface area contributed by atoms with E-state index >= 15 is 0 Å². The first-order valence-corrected chi connectivity index (χ1v) is 4.10. The molecule has 2 heteroatoms. The van der Waals surface area contributed by atoms with Crippen molar-refractivity contribution in [3.05, 3.63) is 23.9 Å². The summed E-state index contributed by atoms with van der Waals surface area (Å²) in [5.74, 6) is 0. The van der Waals surface area contributed by atoms with Crippen LogP contribution in [0.2, 0.25) is 0 Å². The first-order chi connectivity index (χ1) is 5.20. The molecule has 0 heterocycles. The molecule has 0 N–H and O–H groups in total. The smallest absolute Gasteiger partial charge is 0.0582 e. The van der Waals surface area contributed by atoms with Gasteiger partial charge in [-0.3, -0.25) is 4.99 Å². The van der Waals surface area contributed by atoms with Gasteiger partial charge in [-0.05, 0) is 19.4 Å². The Morgan fingerprint density at radius 2 is 2.27 bits per heavy atom. The number of rotatable bonds is 4. The van der Waals surface area contributed by atoms with Crippen LogP contribution < -0.4 is 0 Å². The third-order valence-corrected chi connectivity index (χ3v) is 1.47. The summed E-state index contributed by atoms with van der Waals surface area (Å²) in [4.78, 5) is 4.14. The van der Waals surface area contributed by atoms with Crippen LogP contribution >= 0.6 is 11.6 Å². The molecular weight excluding hydrogens is 158 g/mol. The summed E-state index contributed by atoms with van der Waals surface area (Å²) >= 11 is 5.65. The van der Waals surface area contributed by atoms with Crippen LogP contribution in [0.3, 0.4) is 0 Å². The van der Waals surface area contributed by atoms with E-state index in [1.54, 1.807) is 12.3 Å². The van der Waals surface area contributed by atoms with Gasteiger partial charge in [0.15, 0.2) is 0 Å². The first kappa shape index (κ1) is 10.4. The second-order valence-electron chi connectivity index (χ2n) is 2.33. The molecule has 0 aromatic heterocycles. The molecule has 0 saturated carbocycles. The molecule has 11 heavy (non-hydrogen) atoms. The van der Waals surface area contributed by atoms with Gasteiger partial charge in [-0.2, -0.15) is 0 Å². The summed E-state index contributed by atoms with van der Waals surface area (Å²) in [6.45, 7) is 7.63. The molecular formula is C9H14ClN. The molecule has 0 aliphatic carbocycles. The zero-order chi connectivity index (χ0) is 8.69. The third-order valence-electron chi connectivity index (χ3n) is 1.22. The standard InChI is InChI=1S/C9H14ClN/c1-4-6-8(3)11-7-9(10)5-2/h5,7H,2,4,6H2,1,3H3/b9-7+,11-8?. The Hall–Kier alpha value is -0.560. The quantitative estimate of drug-likeness (QED) is 0.454. The molecule has 0 spiro atoms. The average Bonchev–Trinajstić information content (AvgIpc) is 2.01. The Bertz CT molecular complexity index is 180. The lowest BCUT2D eigenvalue weighted by atomic mass is 10.2. The lowest BCUT2D eigenvalue weighted by Crippen LogP contribution is -1.87. The minimum Gasteiger partial charge on any atom is -0.264 e. The van der Waals surface area contributed by atoms with Gasteiger partial charge < -0.3 is 0 Å². The van der Waals surface area contributed by atoms with Gasteiger partial charge in [0.1, 0.15) is 0 Å². The number of allylic oxidation sites excluding steroid dienone is 2. The van der Waals surface area contributed by atoms with Crippen molar-refractivity contribution in [1.82, 2.24) is 0 Å². The van der Waals surface area contributed by atoms with E-state index in [1.165, 1.54) is 0 Å². The summed E-state index contributed by atoms with van der Waals surface area (Å²) in [6.07, 6.45) is 5.34. The topological polar surface area (TPSA) is 12.4 Å². The van der Waals surface area contributed by atoms with Gasteiger partial charge in [-0.15, -0.1) is 0 Å². The summed E-state index contributed by atoms with van der Waals surface area (Å²) in [6, 6.07) is 0. The number of halogens is 1. The number of hydrogen-bond donors (Lipinski definition) is 0. The molecule has 0 aromatic carbocycles. The number of hydrogen-bond acceptors (Lipinski definition) is 1. The molecule has 1 nitrogen and oxygen atoms in total. The Morgan fingerprint density at radius 3 is 2.73 bits per heavy atom. The van der Waals surface area contributed by atoms with Crippen molar-refractivity contribution in [1.29, 1.82) is 0 Å². The minimum atomic E-state index is 0.584. The van der Waals surface area contributed by atoms with Crippen molar-refractivity contribution in [2.24, 2.45) is 4.99 Å². The van der Waals surface area contributed by atoms with E-state index in [0.29, 0.717) is 5.03 Å². The molecule has 0 aliphatic rings. The number of aliphatic imine (C=N–C) groups is 1. The lowest BCUT2D eigenvalue weighted by molar-refractivity contribution is 0.987. The first-order valence-electron chi connectivity index (χ1n) is 3.72. The molecule has 0 aliphatic heterocycles. The van der Waals surface area contributed by atoms with Gasteiger partial charge in [-0.1, -0.05) is 31.5 Å². The van der Waals surface area contributed by atoms with E-state index in [4.69, 9.17) is 11.6 Å². The molecule has 0 rings (SSSR count). The molecule has 0 amide bonds. The van der Waals surface area contributed by atoms with Crippen LogP contribution in [0.4, 0.5) is 0 Å². The highest BCUT2D eigenvalue weighted by molar-refractivity contribution is 6.31. The van der Waals surface area contributed by atoms with Gasteiger partial charge in [0.2, 0.25) is 0 Å². The molecule has 0 saturated heterocycles. The highest BCUT2D eigenvalue weighted by atomic mass is 35.5. The Morgan fingerprint density at radius 1 is 1.64 bits per heavy atom. The van der Waals surface area contributed by atoms with Crippen molar-refractivity contribution >= 4 is 17.3 Å². The van der Waals surface area contributed by atoms with Crippen LogP contribution in [0.25, 0.3) is 0 Å². The molecule has 0 bridgehead atoms. The highest BCUT2D eigenvalue weighted by Gasteiger charge is 1.86. The third kappa shape index (κ3) is 5.86. The summed E-state index contributed by atoms with van der Waals surface area (Å²) < 4.78 is 0. The van der Waals surface area contributed by atoms with E-state index in [0.717, 1.165) is 18.6 Å². The van der Waals surface area contributed by atoms with E-state index in [9.17, 15) is 0 Å². The van der Waals surface area contributed by atoms with E-state index < -0.39 is 0 Å². The van der Waals surface area contributed by atoms with Crippen LogP contribution in [-0.4, -0.2) is 5.71 Å². The second-order valence-corrected chi connectivity index (χ2v) is 2.77. The molecule has 0 unspecified atom stereocenters. The van der Waals surface area contributed by atoms with Crippen molar-refractivity contribution in [2.75, 3.05) is 0 Å². The maximum absolute atomic E-state index is 5.65. The summed E-state index contributed by atoms with van der Waals surface area (Å²) in [7, 11) is 0. The monoisotopic (exact) mass is 171 g/mol. The van der Waals surface area contributed by atoms with Crippen molar-refractivity contribution in [3.8, 4) is 0 Å². The lowest BCUT2D eigenvalue weighted by Gasteiger charge is -1.92. The van der Waals surface area contributed by atoms with Crippen molar-refractivity contribution in [2.45, 2.75) is 26.7 Å². The Labute approximate surface area is 73.5 Å². The minimum absolute atomic E-state index is 0.584. The SMILES string of the molecule is C=C/C(Cl)=C\N=C(C)CCC. The van der Waals surface area contributed by atoms with Gasteiger partial charge in [-0.25, -0.2) is 0 Å². The largest absolute Gasteiger partial charge is 0.264 e. The van der Waals surface area contributed by atoms with Crippen molar-refractivity contribution in [3.63, 3.8) is 0 Å². The van der Waals surface area contributed by atoms with Crippen LogP contribution in [0.5, 0.6) is 0 Å². The zero-order valence-electron chi connectivity index (χ0n) is 7.10. The van der Waals surface area contributed by atoms with Gasteiger partial charge in [0, 0.05) is 11.9 Å². The van der Waals surface area contributed by atoms with E-state index in [2.05, 4.69) is 18.5 Å². The molecule has 62 valence electrons. The second kappa shape index (κ2) is 6.17. The fourth-order valence-corrected chi connectivity index (χ4v) is 0.700. The van der Waals surface area contributed by atoms with Crippen LogP contribution in [0.1, 0.15) is 26.7 Å². The zero-order valence-corrected chi connectivity index (χ0v) is 7.86. The highest BCUT2D eigenvalue weighted by Crippen LogP contribution is 2.02. The average molecular weight is 172 g/mol. The van der Waals surface area contributed by atoms with Gasteiger partial charge in [0.25, 0.3) is 0 Å². The van der Waals surface area contributed by atoms with Gasteiger partial charge in [0.05, 0.1) is 5.03 Å². The molecule has 0 radical (unpaired) electrons. The van der Waals surface area contributed by atoms with Crippen LogP contribution in [0.15, 0.2) is 28.9 Å². The van der Waals surface area contributed by atoms with Gasteiger partial charge >= 0.3 is 0 Å². The fourth-order valence-electron chi connectivity index (χ4n) is 0.651. The van der Waals surface area contributed by atoms with E-state index in [-0.39, 0.29) is 0 Å². The van der Waals surface area contributed by atoms with Crippen LogP contribution in [-0.2, 0) is 0 Å². The molecule has 0 aromatic rings. The summed E-state index contributed by atoms with van der Waals surface area (Å²) in [5, 5.41) is 0.584. The maximum atomic E-state index is 5.65. The predicted octanol–water partition coefficient (Wildman–Crippen LogP) is 3.51. The number of nitrogens with zero attached hydrogens (tertiary/aromatic N) is 1. The summed E-state index contributed by atoms with van der Waals surface area (Å²) in [5.41, 5.74) is 1.10. The van der Waals surface area contributed by atoms with Crippen molar-refractivity contribution < 1.29 is 0 Å². The molecule has 0 atom stereocenters. The predicted molar refractivity (Wildman–Crippen MR) is 52.2 cm³/mol. The van der Waals surface area contributed by atoms with Crippen LogP contribution in [0, 0.1) is 0 Å². The molecule has 0 fully saturated rings. The Balaban J connectivity index is 3.99. The normalized spacial score (nSPS) is 13.4. The van der Waals surface area contributed by atoms with E-state index in [1.807, 2.05) is 6.92 Å². The fraction of sp³-hybridized carbons (Fsp3) is 0.444.